The molecule has 94 valence electrons. The van der Waals surface area contributed by atoms with Gasteiger partial charge in [-0.2, -0.15) is 5.10 Å². The maximum atomic E-state index is 11.7. The Kier molecular flexibility index (Phi) is 3.22. The molecule has 18 heavy (non-hydrogen) atoms. The van der Waals surface area contributed by atoms with Gasteiger partial charge in [0.25, 0.3) is 5.56 Å². The molecule has 2 aromatic heterocycles. The number of aromatic nitrogens is 4. The van der Waals surface area contributed by atoms with Crippen LogP contribution in [0, 0.1) is 0 Å². The molecule has 0 radical (unpaired) electrons. The third-order valence-corrected chi connectivity index (χ3v) is 2.27. The Hall–Kier alpha value is -2.44. The van der Waals surface area contributed by atoms with Gasteiger partial charge in [0, 0.05) is 19.4 Å². The highest BCUT2D eigenvalue weighted by Crippen LogP contribution is 2.10. The average Bonchev–Trinajstić information content (AvgIpc) is 2.76. The Morgan fingerprint density at radius 3 is 2.83 bits per heavy atom. The summed E-state index contributed by atoms with van der Waals surface area (Å²) in [7, 11) is 1.76. The quantitative estimate of drug-likeness (QED) is 0.791. The van der Waals surface area contributed by atoms with E-state index in [1.807, 2.05) is 0 Å². The first-order valence-electron chi connectivity index (χ1n) is 5.37. The summed E-state index contributed by atoms with van der Waals surface area (Å²) >= 11 is 0. The summed E-state index contributed by atoms with van der Waals surface area (Å²) in [6.45, 7) is 1.88. The van der Waals surface area contributed by atoms with Crippen LogP contribution < -0.4 is 5.56 Å². The smallest absolute Gasteiger partial charge is 0.345 e. The van der Waals surface area contributed by atoms with Crippen LogP contribution in [0.1, 0.15) is 17.3 Å². The van der Waals surface area contributed by atoms with Gasteiger partial charge in [-0.1, -0.05) is 0 Å². The molecule has 0 bridgehead atoms. The molecule has 1 N–H and O–H groups in total. The van der Waals surface area contributed by atoms with Crippen LogP contribution in [0.4, 0.5) is 0 Å². The SMILES string of the molecule is CCOC(=O)c1cnc(-c2cnn(C)c2)[nH]c1=O. The highest BCUT2D eigenvalue weighted by molar-refractivity contribution is 5.88. The van der Waals surface area contributed by atoms with Crippen LogP contribution in [-0.2, 0) is 11.8 Å². The maximum absolute atomic E-state index is 11.7. The first-order valence-corrected chi connectivity index (χ1v) is 5.37. The zero-order valence-electron chi connectivity index (χ0n) is 10.0. The average molecular weight is 248 g/mol. The Morgan fingerprint density at radius 2 is 2.28 bits per heavy atom. The second kappa shape index (κ2) is 4.82. The summed E-state index contributed by atoms with van der Waals surface area (Å²) in [5.74, 6) is -0.315. The molecule has 0 atom stereocenters. The molecule has 7 nitrogen and oxygen atoms in total. The van der Waals surface area contributed by atoms with Gasteiger partial charge in [-0.05, 0) is 6.92 Å². The molecule has 0 unspecified atom stereocenters. The summed E-state index contributed by atoms with van der Waals surface area (Å²) in [5.41, 5.74) is 0.0387. The lowest BCUT2D eigenvalue weighted by molar-refractivity contribution is 0.0524. The fourth-order valence-electron chi connectivity index (χ4n) is 1.44. The van der Waals surface area contributed by atoms with Gasteiger partial charge in [0.15, 0.2) is 0 Å². The predicted octanol–water partition coefficient (Wildman–Crippen LogP) is 0.347. The van der Waals surface area contributed by atoms with Gasteiger partial charge in [0.05, 0.1) is 18.4 Å². The molecule has 0 aliphatic rings. The standard InChI is InChI=1S/C11H12N4O3/c1-3-18-11(17)8-5-12-9(14-10(8)16)7-4-13-15(2)6-7/h4-6H,3H2,1-2H3,(H,12,14,16). The monoisotopic (exact) mass is 248 g/mol. The second-order valence-electron chi connectivity index (χ2n) is 3.60. The fraction of sp³-hybridized carbons (Fsp3) is 0.273. The first kappa shape index (κ1) is 12.0. The second-order valence-corrected chi connectivity index (χ2v) is 3.60. The van der Waals surface area contributed by atoms with Crippen LogP contribution in [0.25, 0.3) is 11.4 Å². The Labute approximate surface area is 102 Å². The summed E-state index contributed by atoms with van der Waals surface area (Å²) in [6, 6.07) is 0. The highest BCUT2D eigenvalue weighted by atomic mass is 16.5. The molecular weight excluding hydrogens is 236 g/mol. The largest absolute Gasteiger partial charge is 0.462 e. The van der Waals surface area contributed by atoms with Crippen LogP contribution >= 0.6 is 0 Å². The minimum absolute atomic E-state index is 0.107. The number of esters is 1. The lowest BCUT2D eigenvalue weighted by Gasteiger charge is -2.01. The molecule has 0 saturated heterocycles. The number of aromatic amines is 1. The van der Waals surface area contributed by atoms with E-state index in [0.29, 0.717) is 11.4 Å². The summed E-state index contributed by atoms with van der Waals surface area (Å²) in [4.78, 5) is 29.7. The number of carbonyl (C=O) groups is 1. The number of carbonyl (C=O) groups excluding carboxylic acids is 1. The van der Waals surface area contributed by atoms with E-state index in [1.54, 1.807) is 31.0 Å². The summed E-state index contributed by atoms with van der Waals surface area (Å²) in [6.07, 6.45) is 4.49. The molecule has 2 aromatic rings. The number of nitrogens with one attached hydrogen (secondary N) is 1. The van der Waals surface area contributed by atoms with Crippen molar-refractivity contribution in [1.82, 2.24) is 19.7 Å². The van der Waals surface area contributed by atoms with Gasteiger partial charge in [0.1, 0.15) is 11.4 Å². The maximum Gasteiger partial charge on any atom is 0.345 e. The summed E-state index contributed by atoms with van der Waals surface area (Å²) < 4.78 is 6.33. The van der Waals surface area contributed by atoms with Gasteiger partial charge in [-0.3, -0.25) is 9.48 Å². The molecule has 0 aromatic carbocycles. The lowest BCUT2D eigenvalue weighted by Crippen LogP contribution is -2.20. The minimum Gasteiger partial charge on any atom is -0.462 e. The number of H-pyrrole nitrogens is 1. The van der Waals surface area contributed by atoms with Crippen molar-refractivity contribution in [2.45, 2.75) is 6.92 Å². The van der Waals surface area contributed by atoms with Crippen molar-refractivity contribution in [3.8, 4) is 11.4 Å². The van der Waals surface area contributed by atoms with Crippen molar-refractivity contribution in [2.24, 2.45) is 7.05 Å². The minimum atomic E-state index is -0.677. The molecule has 2 heterocycles. The van der Waals surface area contributed by atoms with Crippen molar-refractivity contribution in [1.29, 1.82) is 0 Å². The van der Waals surface area contributed by atoms with Crippen LogP contribution in [0.15, 0.2) is 23.4 Å². The Bertz CT molecular complexity index is 629. The van der Waals surface area contributed by atoms with Crippen LogP contribution in [0.2, 0.25) is 0 Å². The van der Waals surface area contributed by atoms with Gasteiger partial charge < -0.3 is 9.72 Å². The molecule has 7 heteroatoms. The van der Waals surface area contributed by atoms with E-state index in [4.69, 9.17) is 4.74 Å². The third kappa shape index (κ3) is 2.29. The van der Waals surface area contributed by atoms with Gasteiger partial charge in [0.2, 0.25) is 0 Å². The van der Waals surface area contributed by atoms with Crippen molar-refractivity contribution in [2.75, 3.05) is 6.61 Å². The number of hydrogen-bond donors (Lipinski definition) is 1. The van der Waals surface area contributed by atoms with E-state index in [1.165, 1.54) is 6.20 Å². The predicted molar refractivity (Wildman–Crippen MR) is 63.0 cm³/mol. The summed E-state index contributed by atoms with van der Waals surface area (Å²) in [5, 5.41) is 3.97. The molecule has 0 aliphatic carbocycles. The van der Waals surface area contributed by atoms with E-state index in [9.17, 15) is 9.59 Å². The van der Waals surface area contributed by atoms with Gasteiger partial charge in [-0.25, -0.2) is 9.78 Å². The van der Waals surface area contributed by atoms with E-state index in [0.717, 1.165) is 0 Å². The van der Waals surface area contributed by atoms with Crippen molar-refractivity contribution in [3.63, 3.8) is 0 Å². The van der Waals surface area contributed by atoms with Gasteiger partial charge in [-0.15, -0.1) is 0 Å². The van der Waals surface area contributed by atoms with E-state index in [2.05, 4.69) is 15.1 Å². The molecule has 0 saturated carbocycles. The van der Waals surface area contributed by atoms with Crippen LogP contribution in [0.3, 0.4) is 0 Å². The highest BCUT2D eigenvalue weighted by Gasteiger charge is 2.13. The van der Waals surface area contributed by atoms with Gasteiger partial charge >= 0.3 is 5.97 Å². The number of hydrogen-bond acceptors (Lipinski definition) is 5. The number of rotatable bonds is 3. The molecule has 2 rings (SSSR count). The number of nitrogens with zero attached hydrogens (tertiary/aromatic N) is 3. The normalized spacial score (nSPS) is 10.3. The van der Waals surface area contributed by atoms with E-state index >= 15 is 0 Å². The Morgan fingerprint density at radius 1 is 1.50 bits per heavy atom. The number of ether oxygens (including phenoxy) is 1. The molecular formula is C11H12N4O3. The van der Waals surface area contributed by atoms with E-state index < -0.39 is 11.5 Å². The molecule has 0 aliphatic heterocycles. The third-order valence-electron chi connectivity index (χ3n) is 2.27. The van der Waals surface area contributed by atoms with Crippen molar-refractivity contribution < 1.29 is 9.53 Å². The lowest BCUT2D eigenvalue weighted by atomic mass is 10.3. The fourth-order valence-corrected chi connectivity index (χ4v) is 1.44. The Balaban J connectivity index is 2.36. The van der Waals surface area contributed by atoms with E-state index in [-0.39, 0.29) is 12.2 Å². The molecule has 0 fully saturated rings. The van der Waals surface area contributed by atoms with Crippen LogP contribution in [0.5, 0.6) is 0 Å². The molecule has 0 amide bonds. The van der Waals surface area contributed by atoms with Crippen LogP contribution in [-0.4, -0.2) is 32.3 Å². The van der Waals surface area contributed by atoms with Crippen molar-refractivity contribution in [3.05, 3.63) is 34.5 Å². The zero-order valence-corrected chi connectivity index (χ0v) is 10.0. The molecule has 0 spiro atoms. The topological polar surface area (TPSA) is 89.9 Å². The number of aryl methyl sites for hydroxylation is 1. The zero-order chi connectivity index (χ0) is 13.1. The first-order chi connectivity index (χ1) is 8.61. The van der Waals surface area contributed by atoms with Crippen molar-refractivity contribution >= 4 is 5.97 Å².